The molecular formula is C24H20Cl2FN3O2. The van der Waals surface area contributed by atoms with Gasteiger partial charge in [0.15, 0.2) is 11.6 Å². The molecule has 0 saturated heterocycles. The van der Waals surface area contributed by atoms with Crippen molar-refractivity contribution in [1.82, 2.24) is 9.97 Å². The molecule has 0 radical (unpaired) electrons. The maximum absolute atomic E-state index is 13.5. The van der Waals surface area contributed by atoms with Crippen molar-refractivity contribution in [2.24, 2.45) is 5.41 Å². The predicted octanol–water partition coefficient (Wildman–Crippen LogP) is 5.96. The Balaban J connectivity index is 1.13. The molecule has 0 spiro atoms. The molecule has 3 aliphatic carbocycles. The molecule has 0 unspecified atom stereocenters. The van der Waals surface area contributed by atoms with Crippen LogP contribution < -0.4 is 10.1 Å². The first-order valence-electron chi connectivity index (χ1n) is 10.3. The van der Waals surface area contributed by atoms with E-state index in [1.54, 1.807) is 12.3 Å². The second kappa shape index (κ2) is 8.01. The van der Waals surface area contributed by atoms with Gasteiger partial charge in [-0.3, -0.25) is 4.79 Å². The number of hydrogen-bond acceptors (Lipinski definition) is 5. The van der Waals surface area contributed by atoms with Crippen LogP contribution >= 0.6 is 23.2 Å². The minimum absolute atomic E-state index is 0.00787. The number of hydrogen-bond donors (Lipinski definition) is 1. The number of aromatic nitrogens is 2. The van der Waals surface area contributed by atoms with Crippen LogP contribution in [0.4, 0.5) is 10.2 Å². The highest BCUT2D eigenvalue weighted by Gasteiger charge is 2.68. The van der Waals surface area contributed by atoms with Gasteiger partial charge in [0.25, 0.3) is 0 Å². The first-order chi connectivity index (χ1) is 15.3. The molecule has 0 amide bonds. The van der Waals surface area contributed by atoms with E-state index in [0.29, 0.717) is 23.0 Å². The summed E-state index contributed by atoms with van der Waals surface area (Å²) >= 11 is 11.6. The van der Waals surface area contributed by atoms with Crippen LogP contribution in [0, 0.1) is 11.2 Å². The smallest absolute Gasteiger partial charge is 0.170 e. The van der Waals surface area contributed by atoms with E-state index in [1.165, 1.54) is 12.1 Å². The minimum atomic E-state index is -0.562. The van der Waals surface area contributed by atoms with Crippen molar-refractivity contribution in [3.63, 3.8) is 0 Å². The molecule has 5 nitrogen and oxygen atoms in total. The normalized spacial score (nSPS) is 23.1. The van der Waals surface area contributed by atoms with E-state index >= 15 is 0 Å². The molecule has 1 heterocycles. The molecule has 3 fully saturated rings. The molecule has 3 saturated carbocycles. The third-order valence-electron chi connectivity index (χ3n) is 6.15. The van der Waals surface area contributed by atoms with Crippen molar-refractivity contribution in [3.05, 3.63) is 70.6 Å². The topological polar surface area (TPSA) is 64.1 Å². The quantitative estimate of drug-likeness (QED) is 0.438. The van der Waals surface area contributed by atoms with E-state index in [4.69, 9.17) is 27.9 Å². The zero-order valence-corrected chi connectivity index (χ0v) is 18.6. The minimum Gasteiger partial charge on any atom is -0.486 e. The van der Waals surface area contributed by atoms with Gasteiger partial charge in [0.1, 0.15) is 24.0 Å². The number of rotatable bonds is 8. The third kappa shape index (κ3) is 4.17. The number of carbonyl (C=O) groups is 1. The molecule has 2 bridgehead atoms. The van der Waals surface area contributed by atoms with Gasteiger partial charge in [-0.2, -0.15) is 0 Å². The fourth-order valence-corrected chi connectivity index (χ4v) is 5.20. The second-order valence-corrected chi connectivity index (χ2v) is 9.63. The summed E-state index contributed by atoms with van der Waals surface area (Å²) in [5.41, 5.74) is 0.926. The van der Waals surface area contributed by atoms with Crippen LogP contribution in [0.1, 0.15) is 25.7 Å². The maximum Gasteiger partial charge on any atom is 0.170 e. The lowest BCUT2D eigenvalue weighted by Gasteiger charge is -2.71. The predicted molar refractivity (Wildman–Crippen MR) is 122 cm³/mol. The zero-order valence-electron chi connectivity index (χ0n) is 17.1. The SMILES string of the molecule is O=C(COc1ccc(Cl)c(F)c1)CC12CC(Nc3ccnc(-c4ccc(Cl)cc4)n3)(C1)C2. The number of ether oxygens (including phenoxy) is 1. The van der Waals surface area contributed by atoms with Crippen LogP contribution in [0.5, 0.6) is 5.75 Å². The van der Waals surface area contributed by atoms with Crippen molar-refractivity contribution in [2.75, 3.05) is 11.9 Å². The molecule has 3 aliphatic rings. The van der Waals surface area contributed by atoms with Gasteiger partial charge in [0.05, 0.1) is 5.02 Å². The largest absolute Gasteiger partial charge is 0.486 e. The molecule has 3 aromatic rings. The van der Waals surface area contributed by atoms with Crippen LogP contribution in [-0.4, -0.2) is 27.9 Å². The number of ketones is 1. The van der Waals surface area contributed by atoms with Crippen LogP contribution in [0.3, 0.4) is 0 Å². The highest BCUT2D eigenvalue weighted by atomic mass is 35.5. The number of nitrogens with one attached hydrogen (secondary N) is 1. The highest BCUT2D eigenvalue weighted by molar-refractivity contribution is 6.31. The lowest BCUT2D eigenvalue weighted by molar-refractivity contribution is -0.147. The summed E-state index contributed by atoms with van der Waals surface area (Å²) in [4.78, 5) is 21.4. The van der Waals surface area contributed by atoms with Crippen molar-refractivity contribution in [2.45, 2.75) is 31.2 Å². The average Bonchev–Trinajstić information content (AvgIpc) is 2.73. The van der Waals surface area contributed by atoms with E-state index in [0.717, 1.165) is 30.6 Å². The van der Waals surface area contributed by atoms with Crippen LogP contribution in [0.25, 0.3) is 11.4 Å². The zero-order chi connectivity index (χ0) is 22.3. The van der Waals surface area contributed by atoms with E-state index in [2.05, 4.69) is 15.3 Å². The summed E-state index contributed by atoms with van der Waals surface area (Å²) in [6.07, 6.45) is 4.96. The Morgan fingerprint density at radius 1 is 1.09 bits per heavy atom. The second-order valence-electron chi connectivity index (χ2n) is 8.79. The highest BCUT2D eigenvalue weighted by Crippen LogP contribution is 2.70. The third-order valence-corrected chi connectivity index (χ3v) is 6.71. The monoisotopic (exact) mass is 471 g/mol. The van der Waals surface area contributed by atoms with Gasteiger partial charge in [0.2, 0.25) is 0 Å². The molecule has 164 valence electrons. The number of halogens is 3. The van der Waals surface area contributed by atoms with Gasteiger partial charge in [-0.1, -0.05) is 23.2 Å². The Morgan fingerprint density at radius 2 is 1.84 bits per heavy atom. The summed E-state index contributed by atoms with van der Waals surface area (Å²) in [7, 11) is 0. The first kappa shape index (κ1) is 21.2. The number of Topliss-reactive ketones (excluding diaryl/α,β-unsaturated/α-hetero) is 1. The van der Waals surface area contributed by atoms with E-state index < -0.39 is 5.82 Å². The van der Waals surface area contributed by atoms with Gasteiger partial charge in [-0.05, 0) is 67.1 Å². The van der Waals surface area contributed by atoms with Crippen LogP contribution in [0.15, 0.2) is 54.7 Å². The standard InChI is InChI=1S/C24H20Cl2FN3O2/c25-16-3-1-15(2-4-16)22-28-8-7-21(29-22)30-24-12-23(13-24,14-24)10-17(31)11-32-18-5-6-19(26)20(27)9-18/h1-9H,10-14H2,(H,28,29,30). The van der Waals surface area contributed by atoms with Gasteiger partial charge in [0, 0.05) is 34.8 Å². The molecule has 1 N–H and O–H groups in total. The molecule has 0 atom stereocenters. The maximum atomic E-state index is 13.5. The molecule has 1 aromatic heterocycles. The summed E-state index contributed by atoms with van der Waals surface area (Å²) in [6.45, 7) is -0.0698. The molecule has 6 rings (SSSR count). The summed E-state index contributed by atoms with van der Waals surface area (Å²) in [6, 6.07) is 13.4. The molecule has 8 heteroatoms. The van der Waals surface area contributed by atoms with E-state index in [-0.39, 0.29) is 28.4 Å². The van der Waals surface area contributed by atoms with Crippen LogP contribution in [0.2, 0.25) is 10.0 Å². The summed E-state index contributed by atoms with van der Waals surface area (Å²) in [5.74, 6) is 1.17. The van der Waals surface area contributed by atoms with E-state index in [9.17, 15) is 9.18 Å². The van der Waals surface area contributed by atoms with E-state index in [1.807, 2.05) is 30.3 Å². The number of benzene rings is 2. The summed E-state index contributed by atoms with van der Waals surface area (Å²) < 4.78 is 18.9. The van der Waals surface area contributed by atoms with Crippen LogP contribution in [-0.2, 0) is 4.79 Å². The molecule has 2 aromatic carbocycles. The fraction of sp³-hybridized carbons (Fsp3) is 0.292. The Kier molecular flexibility index (Phi) is 5.30. The number of carbonyl (C=O) groups excluding carboxylic acids is 1. The molecular weight excluding hydrogens is 452 g/mol. The summed E-state index contributed by atoms with van der Waals surface area (Å²) in [5, 5.41) is 4.23. The van der Waals surface area contributed by atoms with Gasteiger partial charge < -0.3 is 10.1 Å². The van der Waals surface area contributed by atoms with Crippen molar-refractivity contribution >= 4 is 34.8 Å². The number of anilines is 1. The average molecular weight is 472 g/mol. The van der Waals surface area contributed by atoms with Crippen molar-refractivity contribution in [1.29, 1.82) is 0 Å². The Morgan fingerprint density at radius 3 is 2.56 bits per heavy atom. The molecule has 0 aliphatic heterocycles. The van der Waals surface area contributed by atoms with Gasteiger partial charge in [-0.15, -0.1) is 0 Å². The van der Waals surface area contributed by atoms with Gasteiger partial charge in [-0.25, -0.2) is 14.4 Å². The van der Waals surface area contributed by atoms with Gasteiger partial charge >= 0.3 is 0 Å². The fourth-order valence-electron chi connectivity index (χ4n) is 4.96. The Hall–Kier alpha value is -2.70. The first-order valence-corrected chi connectivity index (χ1v) is 11.1. The lowest BCUT2D eigenvalue weighted by Crippen LogP contribution is -2.71. The Labute approximate surface area is 194 Å². The molecule has 32 heavy (non-hydrogen) atoms. The Bertz CT molecular complexity index is 1170. The number of nitrogens with zero attached hydrogens (tertiary/aromatic N) is 2. The lowest BCUT2D eigenvalue weighted by atomic mass is 9.38. The van der Waals surface area contributed by atoms with Crippen molar-refractivity contribution < 1.29 is 13.9 Å². The van der Waals surface area contributed by atoms with Crippen molar-refractivity contribution in [3.8, 4) is 17.1 Å².